The number of rotatable bonds is 6. The van der Waals surface area contributed by atoms with Crippen molar-refractivity contribution in [3.05, 3.63) is 83.9 Å². The number of carbonyl (C=O) groups excluding carboxylic acids is 1. The van der Waals surface area contributed by atoms with Gasteiger partial charge in [-0.05, 0) is 38.2 Å². The van der Waals surface area contributed by atoms with E-state index < -0.39 is 0 Å². The van der Waals surface area contributed by atoms with Gasteiger partial charge in [0.1, 0.15) is 0 Å². The Balaban J connectivity index is 2.36. The molecule has 0 heterocycles. The van der Waals surface area contributed by atoms with Crippen LogP contribution in [-0.2, 0) is 0 Å². The summed E-state index contributed by atoms with van der Waals surface area (Å²) in [5.41, 5.74) is 2.79. The highest BCUT2D eigenvalue weighted by molar-refractivity contribution is 5.96. The minimum absolute atomic E-state index is 0.00666. The van der Waals surface area contributed by atoms with E-state index in [1.165, 1.54) is 0 Å². The molecule has 3 nitrogen and oxygen atoms in total. The number of benzene rings is 2. The maximum atomic E-state index is 12.7. The highest BCUT2D eigenvalue weighted by Gasteiger charge is 2.19. The van der Waals surface area contributed by atoms with E-state index in [4.69, 9.17) is 0 Å². The molecule has 0 bridgehead atoms. The third kappa shape index (κ3) is 4.08. The van der Waals surface area contributed by atoms with Crippen molar-refractivity contribution < 1.29 is 4.79 Å². The van der Waals surface area contributed by atoms with Crippen molar-refractivity contribution in [1.29, 1.82) is 0 Å². The van der Waals surface area contributed by atoms with Gasteiger partial charge in [-0.2, -0.15) is 0 Å². The summed E-state index contributed by atoms with van der Waals surface area (Å²) in [5, 5.41) is 3.02. The Morgan fingerprint density at radius 3 is 2.30 bits per heavy atom. The van der Waals surface area contributed by atoms with E-state index in [1.807, 2.05) is 74.5 Å². The molecule has 2 atom stereocenters. The Morgan fingerprint density at radius 1 is 1.09 bits per heavy atom. The van der Waals surface area contributed by atoms with E-state index in [0.717, 1.165) is 11.1 Å². The molecule has 1 N–H and O–H groups in total. The van der Waals surface area contributed by atoms with Crippen molar-refractivity contribution in [2.24, 2.45) is 0 Å². The van der Waals surface area contributed by atoms with Crippen LogP contribution in [0.4, 0.5) is 0 Å². The third-order valence-corrected chi connectivity index (χ3v) is 4.05. The lowest BCUT2D eigenvalue weighted by Gasteiger charge is -2.23. The Hall–Kier alpha value is -2.39. The number of hydrogen-bond acceptors (Lipinski definition) is 2. The van der Waals surface area contributed by atoms with Crippen LogP contribution in [0.5, 0.6) is 0 Å². The van der Waals surface area contributed by atoms with Crippen molar-refractivity contribution >= 4 is 5.91 Å². The lowest BCUT2D eigenvalue weighted by Crippen LogP contribution is -2.42. The predicted molar refractivity (Wildman–Crippen MR) is 95.5 cm³/mol. The molecule has 0 saturated heterocycles. The molecule has 0 aliphatic heterocycles. The van der Waals surface area contributed by atoms with Crippen LogP contribution < -0.4 is 5.32 Å². The second-order valence-electron chi connectivity index (χ2n) is 5.82. The quantitative estimate of drug-likeness (QED) is 0.653. The molecule has 120 valence electrons. The van der Waals surface area contributed by atoms with Crippen LogP contribution in [0.3, 0.4) is 0 Å². The summed E-state index contributed by atoms with van der Waals surface area (Å²) in [4.78, 5) is 14.6. The minimum Gasteiger partial charge on any atom is -0.337 e. The largest absolute Gasteiger partial charge is 0.337 e. The van der Waals surface area contributed by atoms with Gasteiger partial charge in [-0.3, -0.25) is 9.69 Å². The monoisotopic (exact) mass is 308 g/mol. The van der Waals surface area contributed by atoms with Crippen LogP contribution in [0.15, 0.2) is 67.3 Å². The number of nitrogens with one attached hydrogen (secondary N) is 1. The SMILES string of the molecule is C=CC(c1ccccc1)c1ccccc1C(=O)NC(C)N(C)C. The summed E-state index contributed by atoms with van der Waals surface area (Å²) in [6, 6.07) is 17.8. The highest BCUT2D eigenvalue weighted by Crippen LogP contribution is 2.28. The third-order valence-electron chi connectivity index (χ3n) is 4.05. The second-order valence-corrected chi connectivity index (χ2v) is 5.82. The van der Waals surface area contributed by atoms with Gasteiger partial charge >= 0.3 is 0 Å². The fourth-order valence-electron chi connectivity index (χ4n) is 2.47. The van der Waals surface area contributed by atoms with E-state index in [0.29, 0.717) is 5.56 Å². The van der Waals surface area contributed by atoms with Crippen molar-refractivity contribution in [2.45, 2.75) is 19.0 Å². The summed E-state index contributed by atoms with van der Waals surface area (Å²) in [7, 11) is 3.88. The molecule has 0 radical (unpaired) electrons. The number of amides is 1. The van der Waals surface area contributed by atoms with Crippen LogP contribution in [0.25, 0.3) is 0 Å². The summed E-state index contributed by atoms with van der Waals surface area (Å²) in [6.45, 7) is 5.92. The Bertz CT molecular complexity index is 664. The molecule has 0 aromatic heterocycles. The van der Waals surface area contributed by atoms with Crippen LogP contribution in [0.2, 0.25) is 0 Å². The van der Waals surface area contributed by atoms with Crippen molar-refractivity contribution in [1.82, 2.24) is 10.2 Å². The van der Waals surface area contributed by atoms with E-state index >= 15 is 0 Å². The van der Waals surface area contributed by atoms with Crippen molar-refractivity contribution in [3.63, 3.8) is 0 Å². The predicted octanol–water partition coefficient (Wildman–Crippen LogP) is 3.64. The van der Waals surface area contributed by atoms with Crippen LogP contribution in [0.1, 0.15) is 34.3 Å². The van der Waals surface area contributed by atoms with Gasteiger partial charge in [-0.15, -0.1) is 6.58 Å². The maximum absolute atomic E-state index is 12.7. The molecule has 0 spiro atoms. The first-order chi connectivity index (χ1) is 11.0. The highest BCUT2D eigenvalue weighted by atomic mass is 16.1. The summed E-state index contributed by atoms with van der Waals surface area (Å²) in [5.74, 6) is -0.0719. The first-order valence-corrected chi connectivity index (χ1v) is 7.78. The Morgan fingerprint density at radius 2 is 1.70 bits per heavy atom. The molecule has 2 aromatic rings. The number of allylic oxidation sites excluding steroid dienone is 1. The normalized spacial score (nSPS) is 13.4. The molecule has 0 fully saturated rings. The van der Waals surface area contributed by atoms with E-state index in [2.05, 4.69) is 24.0 Å². The van der Waals surface area contributed by atoms with E-state index in [1.54, 1.807) is 0 Å². The average Bonchev–Trinajstić information content (AvgIpc) is 2.56. The van der Waals surface area contributed by atoms with Gasteiger partial charge in [0.25, 0.3) is 5.91 Å². The lowest BCUT2D eigenvalue weighted by molar-refractivity contribution is 0.0899. The number of carbonyl (C=O) groups is 1. The van der Waals surface area contributed by atoms with Crippen LogP contribution in [-0.4, -0.2) is 31.1 Å². The molecular formula is C20H24N2O. The van der Waals surface area contributed by atoms with Gasteiger partial charge < -0.3 is 5.32 Å². The fourth-order valence-corrected chi connectivity index (χ4v) is 2.47. The molecule has 2 rings (SSSR count). The topological polar surface area (TPSA) is 32.3 Å². The fraction of sp³-hybridized carbons (Fsp3) is 0.250. The molecule has 2 unspecified atom stereocenters. The van der Waals surface area contributed by atoms with Gasteiger partial charge in [0.05, 0.1) is 6.17 Å². The molecule has 1 amide bonds. The first kappa shape index (κ1) is 17.0. The Kier molecular flexibility index (Phi) is 5.72. The number of hydrogen-bond donors (Lipinski definition) is 1. The van der Waals surface area contributed by atoms with Crippen molar-refractivity contribution in [3.8, 4) is 0 Å². The summed E-state index contributed by atoms with van der Waals surface area (Å²) in [6.07, 6.45) is 1.85. The molecule has 0 saturated carbocycles. The standard InChI is InChI=1S/C20H24N2O/c1-5-17(16-11-7-6-8-12-16)18-13-9-10-14-19(18)20(23)21-15(2)22(3)4/h5-15,17H,1H2,2-4H3,(H,21,23). The summed E-state index contributed by atoms with van der Waals surface area (Å²) < 4.78 is 0. The van der Waals surface area contributed by atoms with Crippen LogP contribution in [0, 0.1) is 0 Å². The van der Waals surface area contributed by atoms with Crippen molar-refractivity contribution in [2.75, 3.05) is 14.1 Å². The second kappa shape index (κ2) is 7.75. The summed E-state index contributed by atoms with van der Waals surface area (Å²) >= 11 is 0. The zero-order valence-electron chi connectivity index (χ0n) is 14.0. The smallest absolute Gasteiger partial charge is 0.252 e. The van der Waals surface area contributed by atoms with Gasteiger partial charge in [0.2, 0.25) is 0 Å². The van der Waals surface area contributed by atoms with Gasteiger partial charge in [0.15, 0.2) is 0 Å². The lowest BCUT2D eigenvalue weighted by atomic mass is 9.88. The zero-order chi connectivity index (χ0) is 16.8. The van der Waals surface area contributed by atoms with Gasteiger partial charge in [-0.1, -0.05) is 54.6 Å². The molecular weight excluding hydrogens is 284 g/mol. The molecule has 3 heteroatoms. The average molecular weight is 308 g/mol. The molecule has 0 aliphatic carbocycles. The molecule has 23 heavy (non-hydrogen) atoms. The van der Waals surface area contributed by atoms with Gasteiger partial charge in [0, 0.05) is 11.5 Å². The Labute approximate surface area is 138 Å². The van der Waals surface area contributed by atoms with Crippen LogP contribution >= 0.6 is 0 Å². The van der Waals surface area contributed by atoms with E-state index in [9.17, 15) is 4.79 Å². The number of nitrogens with zero attached hydrogens (tertiary/aromatic N) is 1. The molecule has 0 aliphatic rings. The maximum Gasteiger partial charge on any atom is 0.252 e. The van der Waals surface area contributed by atoms with E-state index in [-0.39, 0.29) is 18.0 Å². The van der Waals surface area contributed by atoms with Gasteiger partial charge in [-0.25, -0.2) is 0 Å². The first-order valence-electron chi connectivity index (χ1n) is 7.78. The minimum atomic E-state index is -0.0652. The molecule has 2 aromatic carbocycles. The zero-order valence-corrected chi connectivity index (χ0v) is 14.0.